The molecule has 0 saturated carbocycles. The normalized spacial score (nSPS) is 11.7. The van der Waals surface area contributed by atoms with Gasteiger partial charge in [0.05, 0.1) is 0 Å². The van der Waals surface area contributed by atoms with Crippen LogP contribution >= 0.6 is 0 Å². The first-order valence-corrected chi connectivity index (χ1v) is 7.68. The lowest BCUT2D eigenvalue weighted by Crippen LogP contribution is -2.30. The number of hydrogen-bond acceptors (Lipinski definition) is 3. The predicted molar refractivity (Wildman–Crippen MR) is 95.4 cm³/mol. The van der Waals surface area contributed by atoms with Gasteiger partial charge < -0.3 is 15.0 Å². The van der Waals surface area contributed by atoms with Crippen LogP contribution in [0.15, 0.2) is 42.5 Å². The Labute approximate surface area is 138 Å². The lowest BCUT2D eigenvalue weighted by atomic mass is 10.1. The minimum absolute atomic E-state index is 0.165. The molecule has 0 aliphatic heterocycles. The highest BCUT2D eigenvalue weighted by Crippen LogP contribution is 2.19. The number of nitrogens with zero attached hydrogens (tertiary/aromatic N) is 1. The third-order valence-electron chi connectivity index (χ3n) is 3.53. The van der Waals surface area contributed by atoms with Gasteiger partial charge in [0.25, 0.3) is 5.91 Å². The highest BCUT2D eigenvalue weighted by molar-refractivity contribution is 5.94. The molecule has 0 aliphatic carbocycles. The molecule has 2 aromatic carbocycles. The Hall–Kier alpha value is -2.49. The molecule has 0 aromatic heterocycles. The van der Waals surface area contributed by atoms with Gasteiger partial charge in [-0.1, -0.05) is 6.07 Å². The van der Waals surface area contributed by atoms with E-state index < -0.39 is 6.10 Å². The van der Waals surface area contributed by atoms with Crippen LogP contribution in [0.1, 0.15) is 18.1 Å². The van der Waals surface area contributed by atoms with E-state index in [-0.39, 0.29) is 5.91 Å². The average molecular weight is 312 g/mol. The lowest BCUT2D eigenvalue weighted by molar-refractivity contribution is -0.122. The molecule has 1 N–H and O–H groups in total. The number of carbonyl (C=O) groups is 1. The quantitative estimate of drug-likeness (QED) is 0.913. The van der Waals surface area contributed by atoms with Crippen LogP contribution in [-0.2, 0) is 4.79 Å². The second-order valence-electron chi connectivity index (χ2n) is 6.01. The Morgan fingerprint density at radius 3 is 2.13 bits per heavy atom. The Balaban J connectivity index is 1.99. The lowest BCUT2D eigenvalue weighted by Gasteiger charge is -2.16. The minimum Gasteiger partial charge on any atom is -0.481 e. The van der Waals surface area contributed by atoms with Gasteiger partial charge in [-0.05, 0) is 68.3 Å². The maximum atomic E-state index is 12.3. The molecule has 23 heavy (non-hydrogen) atoms. The molecule has 0 spiro atoms. The van der Waals surface area contributed by atoms with E-state index in [4.69, 9.17) is 4.74 Å². The van der Waals surface area contributed by atoms with E-state index in [9.17, 15) is 4.79 Å². The van der Waals surface area contributed by atoms with Crippen molar-refractivity contribution in [2.75, 3.05) is 24.3 Å². The maximum Gasteiger partial charge on any atom is 0.265 e. The Morgan fingerprint density at radius 1 is 1.04 bits per heavy atom. The van der Waals surface area contributed by atoms with Crippen LogP contribution in [0.5, 0.6) is 5.75 Å². The van der Waals surface area contributed by atoms with Crippen LogP contribution < -0.4 is 15.0 Å². The molecule has 0 fully saturated rings. The number of carbonyl (C=O) groups excluding carboxylic acids is 1. The zero-order valence-electron chi connectivity index (χ0n) is 14.4. The molecule has 2 aromatic rings. The first-order valence-electron chi connectivity index (χ1n) is 7.68. The molecule has 0 radical (unpaired) electrons. The monoisotopic (exact) mass is 312 g/mol. The average Bonchev–Trinajstić information content (AvgIpc) is 2.46. The third kappa shape index (κ3) is 4.74. The van der Waals surface area contributed by atoms with Gasteiger partial charge in [0.2, 0.25) is 0 Å². The first-order chi connectivity index (χ1) is 10.8. The summed E-state index contributed by atoms with van der Waals surface area (Å²) in [6, 6.07) is 13.6. The highest BCUT2D eigenvalue weighted by Gasteiger charge is 2.15. The van der Waals surface area contributed by atoms with Crippen molar-refractivity contribution >= 4 is 17.3 Å². The van der Waals surface area contributed by atoms with Crippen molar-refractivity contribution in [1.29, 1.82) is 0 Å². The number of amides is 1. The van der Waals surface area contributed by atoms with E-state index >= 15 is 0 Å². The fourth-order valence-corrected chi connectivity index (χ4v) is 2.35. The van der Waals surface area contributed by atoms with Gasteiger partial charge in [-0.3, -0.25) is 4.79 Å². The molecular weight excluding hydrogens is 288 g/mol. The van der Waals surface area contributed by atoms with Crippen molar-refractivity contribution < 1.29 is 9.53 Å². The van der Waals surface area contributed by atoms with E-state index in [2.05, 4.69) is 11.4 Å². The number of ether oxygens (including phenoxy) is 1. The molecule has 0 aliphatic rings. The van der Waals surface area contributed by atoms with Gasteiger partial charge in [-0.15, -0.1) is 0 Å². The Bertz CT molecular complexity index is 658. The number of benzene rings is 2. The van der Waals surface area contributed by atoms with Gasteiger partial charge in [0, 0.05) is 25.5 Å². The molecule has 0 bridgehead atoms. The number of hydrogen-bond donors (Lipinski definition) is 1. The maximum absolute atomic E-state index is 12.3. The van der Waals surface area contributed by atoms with Gasteiger partial charge in [0.15, 0.2) is 6.10 Å². The first kappa shape index (κ1) is 16.9. The minimum atomic E-state index is -0.565. The number of aryl methyl sites for hydroxylation is 2. The molecule has 0 heterocycles. The molecule has 2 rings (SSSR count). The summed E-state index contributed by atoms with van der Waals surface area (Å²) in [6.45, 7) is 5.77. The largest absolute Gasteiger partial charge is 0.481 e. The summed E-state index contributed by atoms with van der Waals surface area (Å²) < 4.78 is 5.75. The SMILES string of the molecule is Cc1cc(C)cc(OC(C)C(=O)Nc2ccc(N(C)C)cc2)c1. The second kappa shape index (κ2) is 7.18. The van der Waals surface area contributed by atoms with Gasteiger partial charge >= 0.3 is 0 Å². The molecule has 0 saturated heterocycles. The zero-order chi connectivity index (χ0) is 17.0. The van der Waals surface area contributed by atoms with Gasteiger partial charge in [-0.2, -0.15) is 0 Å². The van der Waals surface area contributed by atoms with Crippen LogP contribution in [0.4, 0.5) is 11.4 Å². The van der Waals surface area contributed by atoms with Crippen molar-refractivity contribution in [1.82, 2.24) is 0 Å². The van der Waals surface area contributed by atoms with E-state index in [0.717, 1.165) is 22.5 Å². The third-order valence-corrected chi connectivity index (χ3v) is 3.53. The van der Waals surface area contributed by atoms with Crippen molar-refractivity contribution in [3.05, 3.63) is 53.6 Å². The summed E-state index contributed by atoms with van der Waals surface area (Å²) >= 11 is 0. The van der Waals surface area contributed by atoms with E-state index in [1.165, 1.54) is 0 Å². The fourth-order valence-electron chi connectivity index (χ4n) is 2.35. The van der Waals surface area contributed by atoms with Crippen LogP contribution in [0.25, 0.3) is 0 Å². The van der Waals surface area contributed by atoms with Crippen LogP contribution in [-0.4, -0.2) is 26.1 Å². The molecule has 1 unspecified atom stereocenters. The van der Waals surface area contributed by atoms with Crippen molar-refractivity contribution in [2.45, 2.75) is 26.9 Å². The summed E-state index contributed by atoms with van der Waals surface area (Å²) in [5.74, 6) is 0.551. The molecule has 4 nitrogen and oxygen atoms in total. The van der Waals surface area contributed by atoms with Gasteiger partial charge in [-0.25, -0.2) is 0 Å². The topological polar surface area (TPSA) is 41.6 Å². The zero-order valence-corrected chi connectivity index (χ0v) is 14.4. The van der Waals surface area contributed by atoms with Gasteiger partial charge in [0.1, 0.15) is 5.75 Å². The summed E-state index contributed by atoms with van der Waals surface area (Å²) in [5, 5.41) is 2.87. The second-order valence-corrected chi connectivity index (χ2v) is 6.01. The molecule has 122 valence electrons. The van der Waals surface area contributed by atoms with Crippen LogP contribution in [0.3, 0.4) is 0 Å². The Morgan fingerprint density at radius 2 is 1.61 bits per heavy atom. The molecule has 1 atom stereocenters. The fraction of sp³-hybridized carbons (Fsp3) is 0.316. The van der Waals surface area contributed by atoms with Crippen molar-refractivity contribution in [3.63, 3.8) is 0 Å². The van der Waals surface area contributed by atoms with Crippen LogP contribution in [0, 0.1) is 13.8 Å². The van der Waals surface area contributed by atoms with Crippen LogP contribution in [0.2, 0.25) is 0 Å². The van der Waals surface area contributed by atoms with Crippen molar-refractivity contribution in [2.24, 2.45) is 0 Å². The summed E-state index contributed by atoms with van der Waals surface area (Å²) in [6.07, 6.45) is -0.565. The summed E-state index contributed by atoms with van der Waals surface area (Å²) in [7, 11) is 3.96. The molecule has 1 amide bonds. The summed E-state index contributed by atoms with van der Waals surface area (Å²) in [5.41, 5.74) is 4.08. The van der Waals surface area contributed by atoms with Crippen molar-refractivity contribution in [3.8, 4) is 5.75 Å². The highest BCUT2D eigenvalue weighted by atomic mass is 16.5. The van der Waals surface area contributed by atoms with E-state index in [0.29, 0.717) is 5.75 Å². The number of nitrogens with one attached hydrogen (secondary N) is 1. The number of anilines is 2. The molecular formula is C19H24N2O2. The number of rotatable bonds is 5. The molecule has 4 heteroatoms. The Kier molecular flexibility index (Phi) is 5.27. The van der Waals surface area contributed by atoms with E-state index in [1.54, 1.807) is 6.92 Å². The van der Waals surface area contributed by atoms with E-state index in [1.807, 2.05) is 69.2 Å². The standard InChI is InChI=1S/C19H24N2O2/c1-13-10-14(2)12-18(11-13)23-15(3)19(22)20-16-6-8-17(9-7-16)21(4)5/h6-12,15H,1-5H3,(H,20,22). The summed E-state index contributed by atoms with van der Waals surface area (Å²) in [4.78, 5) is 14.3. The smallest absolute Gasteiger partial charge is 0.265 e. The predicted octanol–water partition coefficient (Wildman–Crippen LogP) is 3.78.